The zero-order valence-electron chi connectivity index (χ0n) is 8.70. The average Bonchev–Trinajstić information content (AvgIpc) is 2.92. The van der Waals surface area contributed by atoms with Crippen LogP contribution in [0, 0.1) is 28.1 Å². The van der Waals surface area contributed by atoms with Crippen molar-refractivity contribution in [3.63, 3.8) is 0 Å². The maximum absolute atomic E-state index is 9.07. The molecule has 1 aliphatic rings. The van der Waals surface area contributed by atoms with Crippen molar-refractivity contribution in [2.24, 2.45) is 0 Å². The van der Waals surface area contributed by atoms with Crippen molar-refractivity contribution >= 4 is 22.7 Å². The number of aromatic amines is 1. The van der Waals surface area contributed by atoms with Gasteiger partial charge in [-0.15, -0.1) is 0 Å². The van der Waals surface area contributed by atoms with E-state index in [9.17, 15) is 0 Å². The van der Waals surface area contributed by atoms with Crippen LogP contribution in [-0.2, 0) is 0 Å². The third-order valence-corrected chi connectivity index (χ3v) is 2.94. The number of nitriles is 2. The van der Waals surface area contributed by atoms with Gasteiger partial charge in [0.1, 0.15) is 6.07 Å². The normalized spacial score (nSPS) is 13.1. The molecule has 0 atom stereocenters. The van der Waals surface area contributed by atoms with Crippen LogP contribution in [-0.4, -0.2) is 10.7 Å². The highest BCUT2D eigenvalue weighted by Crippen LogP contribution is 2.32. The molecule has 0 saturated carbocycles. The molecule has 0 aliphatic heterocycles. The van der Waals surface area contributed by atoms with Gasteiger partial charge in [0.05, 0.1) is 28.4 Å². The largest absolute Gasteiger partial charge is 0.361 e. The second-order valence-electron chi connectivity index (χ2n) is 3.81. The first-order valence-electron chi connectivity index (χ1n) is 5.01. The molecule has 1 aliphatic carbocycles. The van der Waals surface area contributed by atoms with Crippen LogP contribution >= 0.6 is 0 Å². The van der Waals surface area contributed by atoms with E-state index in [0.29, 0.717) is 16.7 Å². The monoisotopic (exact) mass is 218 g/mol. The van der Waals surface area contributed by atoms with Gasteiger partial charge in [0.15, 0.2) is 0 Å². The molecule has 0 saturated heterocycles. The molecule has 1 aromatic heterocycles. The number of H-pyrrole nitrogens is 1. The van der Waals surface area contributed by atoms with Gasteiger partial charge in [0.25, 0.3) is 0 Å². The highest BCUT2D eigenvalue weighted by molar-refractivity contribution is 6.26. The zero-order valence-corrected chi connectivity index (χ0v) is 8.70. The van der Waals surface area contributed by atoms with Crippen molar-refractivity contribution in [1.29, 1.82) is 15.9 Å². The van der Waals surface area contributed by atoms with Crippen molar-refractivity contribution in [1.82, 2.24) is 4.98 Å². The number of nitrogens with one attached hydrogen (secondary N) is 2. The standard InChI is InChI=1S/C13H6N4/c14-5-8-3-7-4-9(6-15)12(16)11(7)13-10(8)1-2-17-13/h1-4,16-17H. The summed E-state index contributed by atoms with van der Waals surface area (Å²) in [5, 5.41) is 26.7. The van der Waals surface area contributed by atoms with Gasteiger partial charge in [0, 0.05) is 17.1 Å². The minimum absolute atomic E-state index is 0.222. The lowest BCUT2D eigenvalue weighted by Gasteiger charge is -2.03. The molecular weight excluding hydrogens is 212 g/mol. The molecule has 0 radical (unpaired) electrons. The Bertz CT molecular complexity index is 778. The van der Waals surface area contributed by atoms with E-state index in [-0.39, 0.29) is 5.71 Å². The SMILES string of the molecule is N#CC1=Cc2cc(C#N)c3cc[nH]c3c2C1=N. The fourth-order valence-electron chi connectivity index (χ4n) is 2.18. The number of hydrogen-bond donors (Lipinski definition) is 2. The number of nitrogens with zero attached hydrogens (tertiary/aromatic N) is 2. The molecule has 2 aromatic rings. The Morgan fingerprint density at radius 3 is 2.76 bits per heavy atom. The minimum Gasteiger partial charge on any atom is -0.361 e. The molecule has 3 rings (SSSR count). The van der Waals surface area contributed by atoms with E-state index < -0.39 is 0 Å². The maximum Gasteiger partial charge on any atom is 0.101 e. The Hall–Kier alpha value is -2.85. The summed E-state index contributed by atoms with van der Waals surface area (Å²) in [5.41, 5.74) is 3.35. The van der Waals surface area contributed by atoms with E-state index in [1.165, 1.54) is 0 Å². The average molecular weight is 218 g/mol. The maximum atomic E-state index is 9.07. The van der Waals surface area contributed by atoms with Gasteiger partial charge < -0.3 is 4.98 Å². The fraction of sp³-hybridized carbons (Fsp3) is 0. The first kappa shape index (κ1) is 9.38. The lowest BCUT2D eigenvalue weighted by atomic mass is 10.0. The summed E-state index contributed by atoms with van der Waals surface area (Å²) in [4.78, 5) is 3.04. The Kier molecular flexibility index (Phi) is 1.69. The molecule has 78 valence electrons. The van der Waals surface area contributed by atoms with E-state index in [1.807, 2.05) is 12.1 Å². The molecule has 0 unspecified atom stereocenters. The molecule has 0 fully saturated rings. The van der Waals surface area contributed by atoms with Crippen LogP contribution in [0.1, 0.15) is 16.7 Å². The van der Waals surface area contributed by atoms with Crippen molar-refractivity contribution in [2.75, 3.05) is 0 Å². The van der Waals surface area contributed by atoms with Crippen molar-refractivity contribution in [2.45, 2.75) is 0 Å². The van der Waals surface area contributed by atoms with Gasteiger partial charge in [-0.1, -0.05) is 0 Å². The van der Waals surface area contributed by atoms with Crippen LogP contribution in [0.2, 0.25) is 0 Å². The highest BCUT2D eigenvalue weighted by Gasteiger charge is 2.23. The molecular formula is C13H6N4. The van der Waals surface area contributed by atoms with Gasteiger partial charge in [-0.25, -0.2) is 0 Å². The summed E-state index contributed by atoms with van der Waals surface area (Å²) in [5.74, 6) is 0. The Morgan fingerprint density at radius 2 is 2.06 bits per heavy atom. The molecule has 2 N–H and O–H groups in total. The minimum atomic E-state index is 0.222. The summed E-state index contributed by atoms with van der Waals surface area (Å²) in [6, 6.07) is 7.66. The van der Waals surface area contributed by atoms with E-state index >= 15 is 0 Å². The lowest BCUT2D eigenvalue weighted by Crippen LogP contribution is -1.99. The van der Waals surface area contributed by atoms with Crippen molar-refractivity contribution in [3.05, 3.63) is 40.6 Å². The van der Waals surface area contributed by atoms with Crippen molar-refractivity contribution < 1.29 is 0 Å². The Labute approximate surface area is 96.9 Å². The van der Waals surface area contributed by atoms with E-state index in [1.54, 1.807) is 18.3 Å². The molecule has 1 heterocycles. The molecule has 4 nitrogen and oxygen atoms in total. The number of aromatic nitrogens is 1. The number of rotatable bonds is 0. The molecule has 4 heteroatoms. The van der Waals surface area contributed by atoms with Crippen LogP contribution in [0.4, 0.5) is 0 Å². The lowest BCUT2D eigenvalue weighted by molar-refractivity contribution is 1.44. The predicted octanol–water partition coefficient (Wildman–Crippen LogP) is 2.33. The van der Waals surface area contributed by atoms with E-state index in [4.69, 9.17) is 15.9 Å². The number of fused-ring (bicyclic) bond motifs is 3. The molecule has 0 spiro atoms. The van der Waals surface area contributed by atoms with Crippen LogP contribution in [0.3, 0.4) is 0 Å². The van der Waals surface area contributed by atoms with E-state index in [2.05, 4.69) is 11.1 Å². The molecule has 0 amide bonds. The van der Waals surface area contributed by atoms with Gasteiger partial charge in [0.2, 0.25) is 0 Å². The van der Waals surface area contributed by atoms with Gasteiger partial charge in [-0.05, 0) is 23.8 Å². The van der Waals surface area contributed by atoms with E-state index in [0.717, 1.165) is 16.5 Å². The van der Waals surface area contributed by atoms with Crippen LogP contribution in [0.25, 0.3) is 17.0 Å². The second-order valence-corrected chi connectivity index (χ2v) is 3.81. The quantitative estimate of drug-likeness (QED) is 0.710. The fourth-order valence-corrected chi connectivity index (χ4v) is 2.18. The molecule has 1 aromatic carbocycles. The van der Waals surface area contributed by atoms with Crippen molar-refractivity contribution in [3.8, 4) is 12.1 Å². The first-order chi connectivity index (χ1) is 8.26. The number of hydrogen-bond acceptors (Lipinski definition) is 3. The van der Waals surface area contributed by atoms with Crippen LogP contribution < -0.4 is 0 Å². The topological polar surface area (TPSA) is 87.2 Å². The zero-order chi connectivity index (χ0) is 12.0. The molecule has 17 heavy (non-hydrogen) atoms. The van der Waals surface area contributed by atoms with Gasteiger partial charge in [-0.2, -0.15) is 10.5 Å². The smallest absolute Gasteiger partial charge is 0.101 e. The number of allylic oxidation sites excluding steroid dienone is 1. The predicted molar refractivity (Wildman–Crippen MR) is 63.4 cm³/mol. The third-order valence-electron chi connectivity index (χ3n) is 2.94. The highest BCUT2D eigenvalue weighted by atomic mass is 14.7. The Morgan fingerprint density at radius 1 is 1.24 bits per heavy atom. The third kappa shape index (κ3) is 1.07. The van der Waals surface area contributed by atoms with Gasteiger partial charge >= 0.3 is 0 Å². The van der Waals surface area contributed by atoms with Crippen LogP contribution in [0.15, 0.2) is 23.9 Å². The summed E-state index contributed by atoms with van der Waals surface area (Å²) >= 11 is 0. The first-order valence-corrected chi connectivity index (χ1v) is 5.01. The summed E-state index contributed by atoms with van der Waals surface area (Å²) < 4.78 is 0. The summed E-state index contributed by atoms with van der Waals surface area (Å²) in [6.45, 7) is 0. The number of benzene rings is 1. The van der Waals surface area contributed by atoms with Crippen LogP contribution in [0.5, 0.6) is 0 Å². The summed E-state index contributed by atoms with van der Waals surface area (Å²) in [6.07, 6.45) is 3.39. The Balaban J connectivity index is 2.46. The second kappa shape index (κ2) is 3.07. The molecule has 0 bridgehead atoms. The summed E-state index contributed by atoms with van der Waals surface area (Å²) in [7, 11) is 0. The van der Waals surface area contributed by atoms with Gasteiger partial charge in [-0.3, -0.25) is 5.41 Å².